The van der Waals surface area contributed by atoms with Crippen molar-refractivity contribution in [3.8, 4) is 11.4 Å². The van der Waals surface area contributed by atoms with Gasteiger partial charge < -0.3 is 15.0 Å². The molecule has 34 heavy (non-hydrogen) atoms. The number of carboxylic acids is 1. The summed E-state index contributed by atoms with van der Waals surface area (Å²) in [5, 5.41) is 13.2. The Morgan fingerprint density at radius 3 is 2.65 bits per heavy atom. The van der Waals surface area contributed by atoms with Crippen molar-refractivity contribution in [1.29, 1.82) is 0 Å². The van der Waals surface area contributed by atoms with Gasteiger partial charge in [0.1, 0.15) is 5.82 Å². The maximum Gasteiger partial charge on any atom is 0.335 e. The standard InChI is InChI=1S/C27H22N4O3/c1-2-13-31-24-11-8-20(27(33)34)16-23(24)30-25(31)18-5-3-6-19(14-18)26(32)29-21-9-10-22-17(15-21)7-4-12-28-22/h3-12,14-16H,2,13H2,1H3,(H,29,32)(H,33,34). The molecule has 2 heterocycles. The Morgan fingerprint density at radius 2 is 1.82 bits per heavy atom. The zero-order chi connectivity index (χ0) is 23.7. The fraction of sp³-hybridized carbons (Fsp3) is 0.111. The molecule has 168 valence electrons. The van der Waals surface area contributed by atoms with Crippen molar-refractivity contribution in [2.75, 3.05) is 5.32 Å². The molecule has 7 heteroatoms. The molecule has 0 unspecified atom stereocenters. The van der Waals surface area contributed by atoms with Gasteiger partial charge in [0.15, 0.2) is 0 Å². The number of rotatable bonds is 6. The van der Waals surface area contributed by atoms with E-state index < -0.39 is 5.97 Å². The highest BCUT2D eigenvalue weighted by molar-refractivity contribution is 6.05. The SMILES string of the molecule is CCCn1c(-c2cccc(C(=O)Nc3ccc4ncccc4c3)c2)nc2cc(C(=O)O)ccc21. The number of aromatic carboxylic acids is 1. The molecule has 5 rings (SSSR count). The molecule has 0 atom stereocenters. The van der Waals surface area contributed by atoms with Gasteiger partial charge in [0.2, 0.25) is 0 Å². The van der Waals surface area contributed by atoms with Crippen LogP contribution in [0.3, 0.4) is 0 Å². The molecule has 0 aliphatic rings. The van der Waals surface area contributed by atoms with Crippen molar-refractivity contribution in [3.05, 3.63) is 90.1 Å². The minimum Gasteiger partial charge on any atom is -0.478 e. The second-order valence-electron chi connectivity index (χ2n) is 8.04. The van der Waals surface area contributed by atoms with Crippen LogP contribution in [0, 0.1) is 0 Å². The molecule has 0 saturated carbocycles. The number of carbonyl (C=O) groups excluding carboxylic acids is 1. The van der Waals surface area contributed by atoms with Gasteiger partial charge in [-0.25, -0.2) is 9.78 Å². The normalized spacial score (nSPS) is 11.1. The number of anilines is 1. The molecule has 2 N–H and O–H groups in total. The highest BCUT2D eigenvalue weighted by Gasteiger charge is 2.16. The topological polar surface area (TPSA) is 97.1 Å². The molecule has 7 nitrogen and oxygen atoms in total. The van der Waals surface area contributed by atoms with Crippen molar-refractivity contribution in [2.45, 2.75) is 19.9 Å². The lowest BCUT2D eigenvalue weighted by atomic mass is 10.1. The van der Waals surface area contributed by atoms with Crippen molar-refractivity contribution in [3.63, 3.8) is 0 Å². The van der Waals surface area contributed by atoms with Gasteiger partial charge >= 0.3 is 5.97 Å². The molecular weight excluding hydrogens is 428 g/mol. The third-order valence-electron chi connectivity index (χ3n) is 5.69. The summed E-state index contributed by atoms with van der Waals surface area (Å²) in [6.45, 7) is 2.80. The fourth-order valence-corrected chi connectivity index (χ4v) is 4.09. The van der Waals surface area contributed by atoms with Crippen LogP contribution in [0.4, 0.5) is 5.69 Å². The Morgan fingerprint density at radius 1 is 0.941 bits per heavy atom. The largest absolute Gasteiger partial charge is 0.478 e. The summed E-state index contributed by atoms with van der Waals surface area (Å²) < 4.78 is 2.06. The molecule has 1 amide bonds. The minimum absolute atomic E-state index is 0.193. The fourth-order valence-electron chi connectivity index (χ4n) is 4.09. The number of pyridine rings is 1. The number of carboxylic acid groups (broad SMARTS) is 1. The maximum atomic E-state index is 13.0. The van der Waals surface area contributed by atoms with Crippen LogP contribution < -0.4 is 5.32 Å². The van der Waals surface area contributed by atoms with Gasteiger partial charge in [0, 0.05) is 34.9 Å². The first-order chi connectivity index (χ1) is 16.5. The van der Waals surface area contributed by atoms with E-state index in [-0.39, 0.29) is 11.5 Å². The van der Waals surface area contributed by atoms with Gasteiger partial charge in [0.05, 0.1) is 22.1 Å². The van der Waals surface area contributed by atoms with E-state index in [1.165, 1.54) is 0 Å². The van der Waals surface area contributed by atoms with Gasteiger partial charge in [-0.15, -0.1) is 0 Å². The van der Waals surface area contributed by atoms with Crippen LogP contribution >= 0.6 is 0 Å². The molecule has 2 aromatic heterocycles. The third kappa shape index (κ3) is 3.99. The summed E-state index contributed by atoms with van der Waals surface area (Å²) in [4.78, 5) is 33.4. The number of aryl methyl sites for hydroxylation is 1. The molecular formula is C27H22N4O3. The van der Waals surface area contributed by atoms with E-state index >= 15 is 0 Å². The number of nitrogens with one attached hydrogen (secondary N) is 1. The molecule has 0 aliphatic heterocycles. The third-order valence-corrected chi connectivity index (χ3v) is 5.69. The second-order valence-corrected chi connectivity index (χ2v) is 8.04. The van der Waals surface area contributed by atoms with E-state index in [1.807, 2.05) is 48.5 Å². The highest BCUT2D eigenvalue weighted by Crippen LogP contribution is 2.27. The molecule has 0 saturated heterocycles. The van der Waals surface area contributed by atoms with E-state index in [0.29, 0.717) is 22.6 Å². The minimum atomic E-state index is -0.989. The molecule has 0 spiro atoms. The number of imidazole rings is 1. The number of benzene rings is 3. The van der Waals surface area contributed by atoms with Crippen LogP contribution in [0.25, 0.3) is 33.3 Å². The van der Waals surface area contributed by atoms with E-state index in [1.54, 1.807) is 30.5 Å². The lowest BCUT2D eigenvalue weighted by Crippen LogP contribution is -2.12. The molecule has 0 aliphatic carbocycles. The van der Waals surface area contributed by atoms with E-state index in [0.717, 1.165) is 34.9 Å². The lowest BCUT2D eigenvalue weighted by Gasteiger charge is -2.10. The van der Waals surface area contributed by atoms with Crippen LogP contribution in [0.15, 0.2) is 79.0 Å². The van der Waals surface area contributed by atoms with Crippen molar-refractivity contribution in [1.82, 2.24) is 14.5 Å². The first-order valence-electron chi connectivity index (χ1n) is 11.0. The number of fused-ring (bicyclic) bond motifs is 2. The van der Waals surface area contributed by atoms with Gasteiger partial charge in [-0.1, -0.05) is 25.1 Å². The average molecular weight is 450 g/mol. The predicted octanol–water partition coefficient (Wildman–Crippen LogP) is 5.61. The van der Waals surface area contributed by atoms with E-state index in [9.17, 15) is 14.7 Å². The number of hydrogen-bond acceptors (Lipinski definition) is 4. The second kappa shape index (κ2) is 8.78. The molecule has 3 aromatic carbocycles. The summed E-state index contributed by atoms with van der Waals surface area (Å²) in [5.41, 5.74) is 4.52. The zero-order valence-corrected chi connectivity index (χ0v) is 18.5. The maximum absolute atomic E-state index is 13.0. The smallest absolute Gasteiger partial charge is 0.335 e. The monoisotopic (exact) mass is 450 g/mol. The molecule has 0 radical (unpaired) electrons. The Kier molecular flexibility index (Phi) is 5.51. The Hall–Kier alpha value is -4.52. The van der Waals surface area contributed by atoms with Gasteiger partial charge in [0.25, 0.3) is 5.91 Å². The summed E-state index contributed by atoms with van der Waals surface area (Å²) >= 11 is 0. The molecule has 5 aromatic rings. The quantitative estimate of drug-likeness (QED) is 0.350. The summed E-state index contributed by atoms with van der Waals surface area (Å²) in [6, 6.07) is 21.7. The van der Waals surface area contributed by atoms with E-state index in [2.05, 4.69) is 21.8 Å². The number of carbonyl (C=O) groups is 2. The number of aromatic nitrogens is 3. The first-order valence-corrected chi connectivity index (χ1v) is 11.0. The van der Waals surface area contributed by atoms with Gasteiger partial charge in [-0.3, -0.25) is 9.78 Å². The average Bonchev–Trinajstić information content (AvgIpc) is 3.22. The number of nitrogens with zero attached hydrogens (tertiary/aromatic N) is 3. The van der Waals surface area contributed by atoms with Gasteiger partial charge in [-0.05, 0) is 61.0 Å². The van der Waals surface area contributed by atoms with Gasteiger partial charge in [-0.2, -0.15) is 0 Å². The highest BCUT2D eigenvalue weighted by atomic mass is 16.4. The van der Waals surface area contributed by atoms with Crippen LogP contribution in [0.5, 0.6) is 0 Å². The van der Waals surface area contributed by atoms with Crippen LogP contribution in [-0.2, 0) is 6.54 Å². The number of amides is 1. The van der Waals surface area contributed by atoms with Crippen LogP contribution in [0.1, 0.15) is 34.1 Å². The summed E-state index contributed by atoms with van der Waals surface area (Å²) in [5.74, 6) is -0.515. The first kappa shape index (κ1) is 21.3. The predicted molar refractivity (Wildman–Crippen MR) is 132 cm³/mol. The molecule has 0 bridgehead atoms. The summed E-state index contributed by atoms with van der Waals surface area (Å²) in [7, 11) is 0. The van der Waals surface area contributed by atoms with Crippen LogP contribution in [-0.4, -0.2) is 31.5 Å². The lowest BCUT2D eigenvalue weighted by molar-refractivity contribution is 0.0696. The molecule has 0 fully saturated rings. The Bertz CT molecular complexity index is 1550. The summed E-state index contributed by atoms with van der Waals surface area (Å²) in [6.07, 6.45) is 2.62. The number of hydrogen-bond donors (Lipinski definition) is 2. The Balaban J connectivity index is 1.49. The zero-order valence-electron chi connectivity index (χ0n) is 18.5. The van der Waals surface area contributed by atoms with E-state index in [4.69, 9.17) is 4.98 Å². The van der Waals surface area contributed by atoms with Crippen molar-refractivity contribution >= 4 is 39.5 Å². The Labute approximate surface area is 195 Å². The van der Waals surface area contributed by atoms with Crippen molar-refractivity contribution < 1.29 is 14.7 Å². The van der Waals surface area contributed by atoms with Crippen molar-refractivity contribution in [2.24, 2.45) is 0 Å². The van der Waals surface area contributed by atoms with Crippen LogP contribution in [0.2, 0.25) is 0 Å².